The Hall–Kier alpha value is -1.39. The van der Waals surface area contributed by atoms with Gasteiger partial charge in [0.05, 0.1) is 0 Å². The number of hydrogen-bond acceptors (Lipinski definition) is 4. The van der Waals surface area contributed by atoms with E-state index in [1.807, 2.05) is 18.2 Å². The maximum absolute atomic E-state index is 11.4. The molecule has 1 aromatic rings. The summed E-state index contributed by atoms with van der Waals surface area (Å²) < 4.78 is 0. The molecule has 4 nitrogen and oxygen atoms in total. The predicted molar refractivity (Wildman–Crippen MR) is 62.9 cm³/mol. The average Bonchev–Trinajstić information content (AvgIpc) is 2.39. The summed E-state index contributed by atoms with van der Waals surface area (Å²) in [5.41, 5.74) is 1.64. The lowest BCUT2D eigenvalue weighted by molar-refractivity contribution is 0.0904. The number of ketones is 1. The normalized spacial score (nSPS) is 16.2. The minimum atomic E-state index is -0.426. The number of piperazine rings is 1. The van der Waals surface area contributed by atoms with E-state index in [9.17, 15) is 4.79 Å². The Labute approximate surface area is 94.9 Å². The highest BCUT2D eigenvalue weighted by Crippen LogP contribution is 2.16. The van der Waals surface area contributed by atoms with Gasteiger partial charge in [-0.2, -0.15) is 0 Å². The van der Waals surface area contributed by atoms with Gasteiger partial charge < -0.3 is 15.3 Å². The summed E-state index contributed by atoms with van der Waals surface area (Å²) in [6, 6.07) is 7.45. The van der Waals surface area contributed by atoms with E-state index in [1.54, 1.807) is 6.07 Å². The van der Waals surface area contributed by atoms with Crippen molar-refractivity contribution >= 4 is 11.5 Å². The van der Waals surface area contributed by atoms with Crippen LogP contribution in [-0.4, -0.2) is 43.7 Å². The average molecular weight is 220 g/mol. The summed E-state index contributed by atoms with van der Waals surface area (Å²) in [5.74, 6) is -0.225. The van der Waals surface area contributed by atoms with Crippen molar-refractivity contribution in [3.63, 3.8) is 0 Å². The van der Waals surface area contributed by atoms with Crippen LogP contribution >= 0.6 is 0 Å². The molecule has 0 amide bonds. The zero-order chi connectivity index (χ0) is 11.4. The molecule has 1 aliphatic rings. The minimum Gasteiger partial charge on any atom is -0.388 e. The van der Waals surface area contributed by atoms with Crippen LogP contribution in [0, 0.1) is 0 Å². The molecule has 1 heterocycles. The van der Waals surface area contributed by atoms with Crippen molar-refractivity contribution in [3.8, 4) is 0 Å². The topological polar surface area (TPSA) is 52.6 Å². The van der Waals surface area contributed by atoms with E-state index < -0.39 is 6.61 Å². The molecule has 0 atom stereocenters. The van der Waals surface area contributed by atoms with E-state index in [0.717, 1.165) is 31.9 Å². The molecular formula is C12H16N2O2. The van der Waals surface area contributed by atoms with Gasteiger partial charge in [0.2, 0.25) is 0 Å². The van der Waals surface area contributed by atoms with Crippen molar-refractivity contribution < 1.29 is 9.90 Å². The summed E-state index contributed by atoms with van der Waals surface area (Å²) in [6.07, 6.45) is 0. The number of aliphatic hydroxyl groups is 1. The number of carbonyl (C=O) groups excluding carboxylic acids is 1. The van der Waals surface area contributed by atoms with Gasteiger partial charge in [0, 0.05) is 37.4 Å². The van der Waals surface area contributed by atoms with Gasteiger partial charge in [0.15, 0.2) is 5.78 Å². The second kappa shape index (κ2) is 5.09. The first-order chi connectivity index (χ1) is 7.81. The first-order valence-electron chi connectivity index (χ1n) is 5.51. The van der Waals surface area contributed by atoms with Gasteiger partial charge in [-0.3, -0.25) is 4.79 Å². The quantitative estimate of drug-likeness (QED) is 0.718. The third kappa shape index (κ3) is 2.40. The fraction of sp³-hybridized carbons (Fsp3) is 0.417. The van der Waals surface area contributed by atoms with Crippen molar-refractivity contribution in [2.45, 2.75) is 0 Å². The molecule has 0 unspecified atom stereocenters. The van der Waals surface area contributed by atoms with Crippen molar-refractivity contribution in [2.24, 2.45) is 0 Å². The van der Waals surface area contributed by atoms with Crippen LogP contribution in [0.3, 0.4) is 0 Å². The van der Waals surface area contributed by atoms with E-state index in [2.05, 4.69) is 10.2 Å². The molecule has 16 heavy (non-hydrogen) atoms. The Morgan fingerprint density at radius 3 is 2.81 bits per heavy atom. The van der Waals surface area contributed by atoms with Gasteiger partial charge in [-0.25, -0.2) is 0 Å². The molecule has 4 heteroatoms. The number of nitrogens with one attached hydrogen (secondary N) is 1. The van der Waals surface area contributed by atoms with Crippen LogP contribution in [0.15, 0.2) is 24.3 Å². The number of benzene rings is 1. The molecule has 2 rings (SSSR count). The molecule has 0 spiro atoms. The van der Waals surface area contributed by atoms with Crippen molar-refractivity contribution in [1.82, 2.24) is 5.32 Å². The molecule has 1 aromatic carbocycles. The van der Waals surface area contributed by atoms with Crippen molar-refractivity contribution in [1.29, 1.82) is 0 Å². The molecular weight excluding hydrogens is 204 g/mol. The zero-order valence-electron chi connectivity index (χ0n) is 9.15. The fourth-order valence-electron chi connectivity index (χ4n) is 1.89. The number of nitrogens with zero attached hydrogens (tertiary/aromatic N) is 1. The molecule has 0 bridgehead atoms. The summed E-state index contributed by atoms with van der Waals surface area (Å²) in [7, 11) is 0. The smallest absolute Gasteiger partial charge is 0.188 e. The maximum Gasteiger partial charge on any atom is 0.188 e. The van der Waals surface area contributed by atoms with Gasteiger partial charge in [-0.1, -0.05) is 12.1 Å². The fourth-order valence-corrected chi connectivity index (χ4v) is 1.89. The Bertz CT molecular complexity index is 373. The van der Waals surface area contributed by atoms with Crippen molar-refractivity contribution in [3.05, 3.63) is 29.8 Å². The highest BCUT2D eigenvalue weighted by Gasteiger charge is 2.12. The molecule has 0 saturated carbocycles. The van der Waals surface area contributed by atoms with Crippen LogP contribution in [0.4, 0.5) is 5.69 Å². The second-order valence-electron chi connectivity index (χ2n) is 3.87. The molecule has 0 aromatic heterocycles. The number of Topliss-reactive ketones (excluding diaryl/α,β-unsaturated/α-hetero) is 1. The summed E-state index contributed by atoms with van der Waals surface area (Å²) in [6.45, 7) is 3.43. The number of carbonyl (C=O) groups is 1. The third-order valence-corrected chi connectivity index (χ3v) is 2.79. The monoisotopic (exact) mass is 220 g/mol. The van der Waals surface area contributed by atoms with Crippen LogP contribution in [-0.2, 0) is 0 Å². The summed E-state index contributed by atoms with van der Waals surface area (Å²) in [5, 5.41) is 12.1. The molecule has 1 aliphatic heterocycles. The second-order valence-corrected chi connectivity index (χ2v) is 3.87. The third-order valence-electron chi connectivity index (χ3n) is 2.79. The van der Waals surface area contributed by atoms with Crippen molar-refractivity contribution in [2.75, 3.05) is 37.7 Å². The Balaban J connectivity index is 2.17. The molecule has 86 valence electrons. The highest BCUT2D eigenvalue weighted by atomic mass is 16.3. The van der Waals surface area contributed by atoms with Gasteiger partial charge >= 0.3 is 0 Å². The van der Waals surface area contributed by atoms with E-state index in [-0.39, 0.29) is 5.78 Å². The SMILES string of the molecule is O=C(CO)c1cccc(N2CCNCC2)c1. The van der Waals surface area contributed by atoms with E-state index in [4.69, 9.17) is 5.11 Å². The van der Waals surface area contributed by atoms with Crippen LogP contribution in [0.25, 0.3) is 0 Å². The number of anilines is 1. The van der Waals surface area contributed by atoms with E-state index >= 15 is 0 Å². The first kappa shape index (κ1) is 11.1. The predicted octanol–water partition coefficient (Wildman–Crippen LogP) is 0.271. The lowest BCUT2D eigenvalue weighted by atomic mass is 10.1. The lowest BCUT2D eigenvalue weighted by Crippen LogP contribution is -2.43. The van der Waals surface area contributed by atoms with Crippen LogP contribution < -0.4 is 10.2 Å². The highest BCUT2D eigenvalue weighted by molar-refractivity contribution is 5.97. The summed E-state index contributed by atoms with van der Waals surface area (Å²) in [4.78, 5) is 13.6. The number of aliphatic hydroxyl groups excluding tert-OH is 1. The molecule has 2 N–H and O–H groups in total. The van der Waals surface area contributed by atoms with Gasteiger partial charge in [0.1, 0.15) is 6.61 Å². The number of hydrogen-bond donors (Lipinski definition) is 2. The van der Waals surface area contributed by atoms with Gasteiger partial charge in [0.25, 0.3) is 0 Å². The molecule has 0 radical (unpaired) electrons. The Kier molecular flexibility index (Phi) is 3.54. The molecule has 0 aliphatic carbocycles. The largest absolute Gasteiger partial charge is 0.388 e. The summed E-state index contributed by atoms with van der Waals surface area (Å²) >= 11 is 0. The first-order valence-corrected chi connectivity index (χ1v) is 5.51. The van der Waals surface area contributed by atoms with Gasteiger partial charge in [-0.05, 0) is 12.1 Å². The van der Waals surface area contributed by atoms with E-state index in [0.29, 0.717) is 5.56 Å². The Morgan fingerprint density at radius 1 is 1.38 bits per heavy atom. The standard InChI is InChI=1S/C12H16N2O2/c15-9-12(16)10-2-1-3-11(8-10)14-6-4-13-5-7-14/h1-3,8,13,15H,4-7,9H2. The van der Waals surface area contributed by atoms with Crippen LogP contribution in [0.1, 0.15) is 10.4 Å². The number of rotatable bonds is 3. The molecule has 1 fully saturated rings. The van der Waals surface area contributed by atoms with Crippen LogP contribution in [0.5, 0.6) is 0 Å². The van der Waals surface area contributed by atoms with Gasteiger partial charge in [-0.15, -0.1) is 0 Å². The minimum absolute atomic E-state index is 0.225. The van der Waals surface area contributed by atoms with E-state index in [1.165, 1.54) is 0 Å². The lowest BCUT2D eigenvalue weighted by Gasteiger charge is -2.29. The Morgan fingerprint density at radius 2 is 2.12 bits per heavy atom. The molecule has 1 saturated heterocycles. The maximum atomic E-state index is 11.4. The van der Waals surface area contributed by atoms with Crippen LogP contribution in [0.2, 0.25) is 0 Å². The zero-order valence-corrected chi connectivity index (χ0v) is 9.15.